The number of aryl methyl sites for hydroxylation is 1. The lowest BCUT2D eigenvalue weighted by molar-refractivity contribution is 0.0504. The number of aliphatic hydroxyl groups is 1. The molecule has 0 aliphatic carbocycles. The maximum atomic E-state index is 12.8. The lowest BCUT2D eigenvalue weighted by Gasteiger charge is -2.23. The molecule has 0 aliphatic heterocycles. The number of benzene rings is 3. The van der Waals surface area contributed by atoms with Crippen molar-refractivity contribution in [2.75, 3.05) is 21.0 Å². The number of carbonyl (C=O) groups is 1. The monoisotopic (exact) mass is 496 g/mol. The van der Waals surface area contributed by atoms with E-state index in [1.165, 1.54) is 14.2 Å². The van der Waals surface area contributed by atoms with Crippen LogP contribution in [-0.2, 0) is 22.7 Å². The zero-order valence-corrected chi connectivity index (χ0v) is 21.4. The Morgan fingerprint density at radius 1 is 0.889 bits per heavy atom. The van der Waals surface area contributed by atoms with E-state index in [-0.39, 0.29) is 42.8 Å². The van der Waals surface area contributed by atoms with Gasteiger partial charge in [-0.3, -0.25) is 0 Å². The third kappa shape index (κ3) is 5.40. The van der Waals surface area contributed by atoms with Gasteiger partial charge >= 0.3 is 5.97 Å². The van der Waals surface area contributed by atoms with Crippen molar-refractivity contribution in [2.24, 2.45) is 0 Å². The first-order valence-corrected chi connectivity index (χ1v) is 11.4. The number of carbonyl (C=O) groups excluding carboxylic acids is 1. The highest BCUT2D eigenvalue weighted by molar-refractivity contribution is 5.96. The van der Waals surface area contributed by atoms with Gasteiger partial charge in [0.05, 0.1) is 13.7 Å². The lowest BCUT2D eigenvalue weighted by atomic mass is 10.00. The Hall–Kier alpha value is -3.75. The molecular formula is C28H32O8. The highest BCUT2D eigenvalue weighted by Gasteiger charge is 2.28. The van der Waals surface area contributed by atoms with Gasteiger partial charge in [-0.2, -0.15) is 0 Å². The molecule has 8 heteroatoms. The van der Waals surface area contributed by atoms with Gasteiger partial charge in [0.2, 0.25) is 0 Å². The quantitative estimate of drug-likeness (QED) is 0.289. The molecular weight excluding hydrogens is 464 g/mol. The Morgan fingerprint density at radius 2 is 1.58 bits per heavy atom. The topological polar surface area (TPSA) is 104 Å². The minimum absolute atomic E-state index is 0.0293. The van der Waals surface area contributed by atoms with Crippen molar-refractivity contribution in [1.82, 2.24) is 0 Å². The number of esters is 1. The van der Waals surface area contributed by atoms with Crippen LogP contribution in [0.1, 0.15) is 43.7 Å². The molecule has 0 saturated heterocycles. The number of aliphatic hydroxyl groups excluding tert-OH is 1. The van der Waals surface area contributed by atoms with Crippen LogP contribution in [-0.4, -0.2) is 37.2 Å². The van der Waals surface area contributed by atoms with E-state index in [0.717, 1.165) is 11.1 Å². The number of hydrogen-bond donors (Lipinski definition) is 2. The molecule has 36 heavy (non-hydrogen) atoms. The van der Waals surface area contributed by atoms with E-state index < -0.39 is 5.97 Å². The first-order valence-electron chi connectivity index (χ1n) is 11.4. The maximum absolute atomic E-state index is 12.8. The molecule has 0 unspecified atom stereocenters. The fourth-order valence-electron chi connectivity index (χ4n) is 3.93. The van der Waals surface area contributed by atoms with Crippen molar-refractivity contribution in [3.8, 4) is 28.7 Å². The lowest BCUT2D eigenvalue weighted by Crippen LogP contribution is -2.11. The summed E-state index contributed by atoms with van der Waals surface area (Å²) in [5.41, 5.74) is 3.55. The summed E-state index contributed by atoms with van der Waals surface area (Å²) in [5.74, 6) is 0.270. The summed E-state index contributed by atoms with van der Waals surface area (Å²) < 4.78 is 27.9. The number of methoxy groups -OCH3 is 2. The third-order valence-corrected chi connectivity index (χ3v) is 5.97. The van der Waals surface area contributed by atoms with Gasteiger partial charge in [-0.15, -0.1) is 0 Å². The van der Waals surface area contributed by atoms with Crippen molar-refractivity contribution < 1.29 is 38.7 Å². The van der Waals surface area contributed by atoms with Crippen LogP contribution >= 0.6 is 0 Å². The predicted molar refractivity (Wildman–Crippen MR) is 134 cm³/mol. The second-order valence-electron chi connectivity index (χ2n) is 8.33. The Labute approximate surface area is 211 Å². The molecule has 0 amide bonds. The van der Waals surface area contributed by atoms with Crippen LogP contribution < -0.4 is 14.2 Å². The van der Waals surface area contributed by atoms with E-state index >= 15 is 0 Å². The maximum Gasteiger partial charge on any atom is 0.342 e. The van der Waals surface area contributed by atoms with E-state index in [2.05, 4.69) is 0 Å². The number of ether oxygens (including phenoxy) is 5. The van der Waals surface area contributed by atoms with E-state index in [1.807, 2.05) is 37.3 Å². The van der Waals surface area contributed by atoms with Crippen LogP contribution in [0.15, 0.2) is 36.4 Å². The van der Waals surface area contributed by atoms with Gasteiger partial charge in [0.25, 0.3) is 0 Å². The van der Waals surface area contributed by atoms with Gasteiger partial charge in [0, 0.05) is 29.4 Å². The predicted octanol–water partition coefficient (Wildman–Crippen LogP) is 5.26. The van der Waals surface area contributed by atoms with Crippen LogP contribution in [0.3, 0.4) is 0 Å². The molecule has 3 rings (SSSR count). The first kappa shape index (κ1) is 26.8. The summed E-state index contributed by atoms with van der Waals surface area (Å²) >= 11 is 0. The first-order chi connectivity index (χ1) is 17.2. The number of hydrogen-bond acceptors (Lipinski definition) is 8. The van der Waals surface area contributed by atoms with Crippen molar-refractivity contribution in [3.63, 3.8) is 0 Å². The Morgan fingerprint density at radius 3 is 2.19 bits per heavy atom. The van der Waals surface area contributed by atoms with Crippen molar-refractivity contribution in [3.05, 3.63) is 75.3 Å². The van der Waals surface area contributed by atoms with Gasteiger partial charge in [0.1, 0.15) is 29.4 Å². The second kappa shape index (κ2) is 11.8. The molecule has 0 spiro atoms. The highest BCUT2D eigenvalue weighted by Crippen LogP contribution is 2.47. The highest BCUT2D eigenvalue weighted by atomic mass is 16.7. The second-order valence-corrected chi connectivity index (χ2v) is 8.33. The van der Waals surface area contributed by atoms with Crippen LogP contribution in [0.4, 0.5) is 0 Å². The molecule has 0 saturated carbocycles. The molecule has 3 aromatic carbocycles. The van der Waals surface area contributed by atoms with Gasteiger partial charge in [-0.25, -0.2) is 4.79 Å². The molecule has 0 bridgehead atoms. The number of phenolic OH excluding ortho intramolecular Hbond substituents is 1. The Kier molecular flexibility index (Phi) is 8.79. The summed E-state index contributed by atoms with van der Waals surface area (Å²) in [5, 5.41) is 21.2. The average Bonchev–Trinajstić information content (AvgIpc) is 2.88. The minimum Gasteiger partial charge on any atom is -0.504 e. The van der Waals surface area contributed by atoms with E-state index in [4.69, 9.17) is 23.7 Å². The number of aromatic hydroxyl groups is 1. The molecule has 0 heterocycles. The SMILES string of the molecule is COCOc1cc(C)c(CO)c(Oc2c(C)c(C(=O)OC)c(OCc3ccccc3)c(C)c2O)c1C. The normalized spacial score (nSPS) is 10.8. The van der Waals surface area contributed by atoms with Crippen LogP contribution in [0.5, 0.6) is 28.7 Å². The van der Waals surface area contributed by atoms with E-state index in [0.29, 0.717) is 33.8 Å². The Bertz CT molecular complexity index is 1230. The fourth-order valence-corrected chi connectivity index (χ4v) is 3.93. The molecule has 0 radical (unpaired) electrons. The molecule has 0 aromatic heterocycles. The largest absolute Gasteiger partial charge is 0.504 e. The smallest absolute Gasteiger partial charge is 0.342 e. The number of phenols is 1. The molecule has 2 N–H and O–H groups in total. The summed E-state index contributed by atoms with van der Waals surface area (Å²) in [6, 6.07) is 11.3. The summed E-state index contributed by atoms with van der Waals surface area (Å²) in [6.07, 6.45) is 0. The average molecular weight is 497 g/mol. The zero-order chi connectivity index (χ0) is 26.4. The van der Waals surface area contributed by atoms with Gasteiger partial charge in [-0.1, -0.05) is 30.3 Å². The molecule has 0 aliphatic rings. The standard InChI is InChI=1S/C28H32O8/c1-16-12-22(35-15-32-5)17(2)25(21(16)13-29)36-27-18(3)23(28(31)33-6)26(19(4)24(27)30)34-14-20-10-8-7-9-11-20/h7-12,29-30H,13-15H2,1-6H3. The van der Waals surface area contributed by atoms with Crippen LogP contribution in [0.25, 0.3) is 0 Å². The van der Waals surface area contributed by atoms with Crippen LogP contribution in [0.2, 0.25) is 0 Å². The molecule has 3 aromatic rings. The molecule has 0 fully saturated rings. The van der Waals surface area contributed by atoms with E-state index in [1.54, 1.807) is 26.8 Å². The van der Waals surface area contributed by atoms with Gasteiger partial charge in [0.15, 0.2) is 18.3 Å². The van der Waals surface area contributed by atoms with Crippen molar-refractivity contribution in [1.29, 1.82) is 0 Å². The summed E-state index contributed by atoms with van der Waals surface area (Å²) in [7, 11) is 2.79. The number of rotatable bonds is 10. The van der Waals surface area contributed by atoms with Crippen molar-refractivity contribution in [2.45, 2.75) is 40.9 Å². The molecule has 0 atom stereocenters. The minimum atomic E-state index is -0.629. The molecule has 192 valence electrons. The van der Waals surface area contributed by atoms with Crippen LogP contribution in [0, 0.1) is 27.7 Å². The third-order valence-electron chi connectivity index (χ3n) is 5.97. The van der Waals surface area contributed by atoms with Gasteiger partial charge in [-0.05, 0) is 44.9 Å². The Balaban J connectivity index is 2.14. The summed E-state index contributed by atoms with van der Waals surface area (Å²) in [4.78, 5) is 12.8. The van der Waals surface area contributed by atoms with Gasteiger partial charge < -0.3 is 33.9 Å². The molecule has 8 nitrogen and oxygen atoms in total. The van der Waals surface area contributed by atoms with Crippen molar-refractivity contribution >= 4 is 5.97 Å². The van der Waals surface area contributed by atoms with E-state index in [9.17, 15) is 15.0 Å². The summed E-state index contributed by atoms with van der Waals surface area (Å²) in [6.45, 7) is 6.79. The fraction of sp³-hybridized carbons (Fsp3) is 0.321. The zero-order valence-electron chi connectivity index (χ0n) is 21.4.